The average molecular weight is 735 g/mol. The minimum Gasteiger partial charge on any atom is -0.309 e. The molecule has 0 radical (unpaired) electrons. The molecule has 57 heavy (non-hydrogen) atoms. The van der Waals surface area contributed by atoms with E-state index in [1.165, 1.54) is 121 Å². The molecule has 276 valence electrons. The van der Waals surface area contributed by atoms with Gasteiger partial charge in [0, 0.05) is 38.7 Å². The molecule has 0 aliphatic heterocycles. The van der Waals surface area contributed by atoms with Crippen LogP contribution < -0.4 is 4.90 Å². The van der Waals surface area contributed by atoms with Gasteiger partial charge in [0.15, 0.2) is 0 Å². The molecule has 0 amide bonds. The second kappa shape index (κ2) is 13.4. The van der Waals surface area contributed by atoms with Crippen molar-refractivity contribution in [2.24, 2.45) is 0 Å². The Hall–Kier alpha value is -6.38. The van der Waals surface area contributed by atoms with E-state index in [9.17, 15) is 0 Å². The molecule has 8 aromatic carbocycles. The SMILES string of the molecule is CC1(C)c2ccccc2-c2c(N(c3ccc4c(c3)c3ccccc3n4-c3ccccc3)c3ccccc3-c3cccc4cccc(C5CCCCC5)c34)cccc21. The van der Waals surface area contributed by atoms with E-state index in [2.05, 4.69) is 199 Å². The molecule has 1 aromatic heterocycles. The molecule has 2 aliphatic carbocycles. The van der Waals surface area contributed by atoms with Gasteiger partial charge in [-0.25, -0.2) is 0 Å². The van der Waals surface area contributed by atoms with Gasteiger partial charge in [0.1, 0.15) is 0 Å². The van der Waals surface area contributed by atoms with Gasteiger partial charge in [-0.15, -0.1) is 0 Å². The van der Waals surface area contributed by atoms with Crippen molar-refractivity contribution in [2.45, 2.75) is 57.3 Å². The van der Waals surface area contributed by atoms with Crippen molar-refractivity contribution in [3.05, 3.63) is 193 Å². The number of hydrogen-bond acceptors (Lipinski definition) is 1. The van der Waals surface area contributed by atoms with Crippen molar-refractivity contribution in [1.82, 2.24) is 4.57 Å². The first-order chi connectivity index (χ1) is 28.1. The first-order valence-corrected chi connectivity index (χ1v) is 20.8. The highest BCUT2D eigenvalue weighted by atomic mass is 15.1. The van der Waals surface area contributed by atoms with Crippen LogP contribution in [-0.2, 0) is 5.41 Å². The molecular formula is C55H46N2. The third-order valence-electron chi connectivity index (χ3n) is 13.2. The van der Waals surface area contributed by atoms with Crippen LogP contribution in [0.3, 0.4) is 0 Å². The van der Waals surface area contributed by atoms with E-state index in [1.54, 1.807) is 0 Å². The highest BCUT2D eigenvalue weighted by molar-refractivity contribution is 6.12. The van der Waals surface area contributed by atoms with Crippen LogP contribution in [0.1, 0.15) is 68.6 Å². The molecule has 1 fully saturated rings. The Balaban J connectivity index is 1.21. The zero-order valence-electron chi connectivity index (χ0n) is 32.8. The Labute approximate surface area is 335 Å². The lowest BCUT2D eigenvalue weighted by atomic mass is 9.80. The second-order valence-corrected chi connectivity index (χ2v) is 16.7. The molecule has 0 atom stereocenters. The zero-order chi connectivity index (χ0) is 38.1. The molecule has 1 saturated carbocycles. The van der Waals surface area contributed by atoms with Gasteiger partial charge in [-0.3, -0.25) is 0 Å². The minimum atomic E-state index is -0.120. The monoisotopic (exact) mass is 734 g/mol. The van der Waals surface area contributed by atoms with Gasteiger partial charge >= 0.3 is 0 Å². The lowest BCUT2D eigenvalue weighted by Gasteiger charge is -2.31. The Kier molecular flexibility index (Phi) is 7.96. The fraction of sp³-hybridized carbons (Fsp3) is 0.164. The first kappa shape index (κ1) is 33.9. The van der Waals surface area contributed by atoms with Gasteiger partial charge in [-0.1, -0.05) is 161 Å². The summed E-state index contributed by atoms with van der Waals surface area (Å²) in [5, 5.41) is 5.23. The van der Waals surface area contributed by atoms with E-state index in [0.717, 1.165) is 5.69 Å². The molecule has 0 saturated heterocycles. The van der Waals surface area contributed by atoms with Crippen LogP contribution in [0.2, 0.25) is 0 Å². The normalized spacial score (nSPS) is 14.9. The first-order valence-electron chi connectivity index (χ1n) is 20.8. The molecule has 0 spiro atoms. The van der Waals surface area contributed by atoms with Crippen LogP contribution in [0.5, 0.6) is 0 Å². The molecule has 0 bridgehead atoms. The number of para-hydroxylation sites is 3. The number of anilines is 3. The zero-order valence-corrected chi connectivity index (χ0v) is 32.8. The van der Waals surface area contributed by atoms with E-state index in [-0.39, 0.29) is 5.41 Å². The summed E-state index contributed by atoms with van der Waals surface area (Å²) in [6.07, 6.45) is 6.51. The topological polar surface area (TPSA) is 8.17 Å². The Bertz CT molecular complexity index is 2970. The van der Waals surface area contributed by atoms with Gasteiger partial charge in [0.05, 0.1) is 22.4 Å². The van der Waals surface area contributed by atoms with Gasteiger partial charge in [0.25, 0.3) is 0 Å². The summed E-state index contributed by atoms with van der Waals surface area (Å²) >= 11 is 0. The van der Waals surface area contributed by atoms with Gasteiger partial charge in [-0.05, 0) is 106 Å². The Morgan fingerprint density at radius 1 is 0.509 bits per heavy atom. The van der Waals surface area contributed by atoms with Crippen molar-refractivity contribution in [3.8, 4) is 27.9 Å². The van der Waals surface area contributed by atoms with E-state index >= 15 is 0 Å². The summed E-state index contributed by atoms with van der Waals surface area (Å²) in [6, 6.07) is 65.9. The Morgan fingerprint density at radius 3 is 2.02 bits per heavy atom. The number of hydrogen-bond donors (Lipinski definition) is 0. The smallest absolute Gasteiger partial charge is 0.0543 e. The fourth-order valence-corrected chi connectivity index (χ4v) is 10.5. The van der Waals surface area contributed by atoms with E-state index in [0.29, 0.717) is 5.92 Å². The molecule has 2 nitrogen and oxygen atoms in total. The maximum atomic E-state index is 2.57. The fourth-order valence-electron chi connectivity index (χ4n) is 10.5. The van der Waals surface area contributed by atoms with Crippen molar-refractivity contribution in [2.75, 3.05) is 4.90 Å². The van der Waals surface area contributed by atoms with Crippen molar-refractivity contribution in [1.29, 1.82) is 0 Å². The van der Waals surface area contributed by atoms with Crippen molar-refractivity contribution in [3.63, 3.8) is 0 Å². The summed E-state index contributed by atoms with van der Waals surface area (Å²) in [5.41, 5.74) is 16.5. The van der Waals surface area contributed by atoms with Crippen LogP contribution in [0, 0.1) is 0 Å². The molecule has 9 aromatic rings. The predicted molar refractivity (Wildman–Crippen MR) is 242 cm³/mol. The predicted octanol–water partition coefficient (Wildman–Crippen LogP) is 15.4. The van der Waals surface area contributed by atoms with Crippen LogP contribution in [0.4, 0.5) is 17.1 Å². The standard InChI is InChI=1S/C55H46N2/c1-55(2)47-29-12-9-26-45(47)54-48(55)30-17-33-52(54)57(40-34-35-51-46(36-40)43-25-11-14-32-50(43)56(51)39-22-7-4-8-23-39)49-31-13-10-24-42(49)44-28-16-21-38-20-15-27-41(53(38)44)37-18-5-3-6-19-37/h4,7-17,20-37H,3,5-6,18-19H2,1-2H3. The number of rotatable bonds is 6. The third kappa shape index (κ3) is 5.31. The summed E-state index contributed by atoms with van der Waals surface area (Å²) in [7, 11) is 0. The Morgan fingerprint density at radius 2 is 1.16 bits per heavy atom. The second-order valence-electron chi connectivity index (χ2n) is 16.7. The molecule has 2 heteroatoms. The van der Waals surface area contributed by atoms with Crippen molar-refractivity contribution < 1.29 is 0 Å². The molecule has 1 heterocycles. The van der Waals surface area contributed by atoms with Crippen LogP contribution >= 0.6 is 0 Å². The quantitative estimate of drug-likeness (QED) is 0.165. The highest BCUT2D eigenvalue weighted by Crippen LogP contribution is 2.55. The highest BCUT2D eigenvalue weighted by Gasteiger charge is 2.38. The molecule has 0 N–H and O–H groups in total. The average Bonchev–Trinajstić information content (AvgIpc) is 3.72. The number of benzene rings is 8. The molecular weight excluding hydrogens is 689 g/mol. The summed E-state index contributed by atoms with van der Waals surface area (Å²) in [6.45, 7) is 4.76. The van der Waals surface area contributed by atoms with E-state index in [1.807, 2.05) is 0 Å². The van der Waals surface area contributed by atoms with Gasteiger partial charge in [0.2, 0.25) is 0 Å². The third-order valence-corrected chi connectivity index (χ3v) is 13.2. The van der Waals surface area contributed by atoms with Crippen LogP contribution in [0.15, 0.2) is 176 Å². The van der Waals surface area contributed by atoms with Crippen molar-refractivity contribution >= 4 is 49.6 Å². The number of aromatic nitrogens is 1. The van der Waals surface area contributed by atoms with Crippen LogP contribution in [-0.4, -0.2) is 4.57 Å². The largest absolute Gasteiger partial charge is 0.309 e. The van der Waals surface area contributed by atoms with Gasteiger partial charge < -0.3 is 9.47 Å². The number of fused-ring (bicyclic) bond motifs is 7. The maximum Gasteiger partial charge on any atom is 0.0543 e. The van der Waals surface area contributed by atoms with Gasteiger partial charge in [-0.2, -0.15) is 0 Å². The van der Waals surface area contributed by atoms with E-state index < -0.39 is 0 Å². The van der Waals surface area contributed by atoms with E-state index in [4.69, 9.17) is 0 Å². The lowest BCUT2D eigenvalue weighted by Crippen LogP contribution is -2.16. The summed E-state index contributed by atoms with van der Waals surface area (Å²) in [5.74, 6) is 0.590. The number of nitrogens with zero attached hydrogens (tertiary/aromatic N) is 2. The summed E-state index contributed by atoms with van der Waals surface area (Å²) in [4.78, 5) is 2.57. The molecule has 11 rings (SSSR count). The summed E-state index contributed by atoms with van der Waals surface area (Å²) < 4.78 is 2.41. The van der Waals surface area contributed by atoms with Crippen LogP contribution in [0.25, 0.3) is 60.5 Å². The lowest BCUT2D eigenvalue weighted by molar-refractivity contribution is 0.445. The molecule has 0 unspecified atom stereocenters. The maximum absolute atomic E-state index is 2.57. The minimum absolute atomic E-state index is 0.120. The molecule has 2 aliphatic rings.